The maximum atomic E-state index is 11.4. The first-order chi connectivity index (χ1) is 10.0. The van der Waals surface area contributed by atoms with Crippen molar-refractivity contribution in [1.29, 1.82) is 0 Å². The highest BCUT2D eigenvalue weighted by molar-refractivity contribution is 9.10. The number of aromatic nitrogens is 2. The quantitative estimate of drug-likeness (QED) is 0.565. The molecule has 21 heavy (non-hydrogen) atoms. The van der Waals surface area contributed by atoms with Gasteiger partial charge in [-0.1, -0.05) is 0 Å². The van der Waals surface area contributed by atoms with Gasteiger partial charge in [0.2, 0.25) is 0 Å². The molecule has 2 N–H and O–H groups in total. The molecule has 0 spiro atoms. The van der Waals surface area contributed by atoms with E-state index in [0.717, 1.165) is 10.9 Å². The predicted molar refractivity (Wildman–Crippen MR) is 81.4 cm³/mol. The molecule has 106 valence electrons. The Kier molecular flexibility index (Phi) is 3.34. The molecule has 0 radical (unpaired) electrons. The van der Waals surface area contributed by atoms with Gasteiger partial charge >= 0.3 is 11.6 Å². The van der Waals surface area contributed by atoms with Gasteiger partial charge in [-0.15, -0.1) is 0 Å². The predicted octanol–water partition coefficient (Wildman–Crippen LogP) is 3.03. The topological polar surface area (TPSA) is 91.2 Å². The van der Waals surface area contributed by atoms with Gasteiger partial charge in [0.25, 0.3) is 0 Å². The number of anilines is 1. The molecule has 7 heteroatoms. The van der Waals surface area contributed by atoms with Crippen LogP contribution in [-0.2, 0) is 0 Å². The molecule has 0 unspecified atom stereocenters. The second-order valence-electron chi connectivity index (χ2n) is 4.41. The molecule has 2 aromatic heterocycles. The minimum atomic E-state index is -0.403. The molecule has 0 aliphatic rings. The first kappa shape index (κ1) is 13.6. The molecule has 0 saturated carbocycles. The van der Waals surface area contributed by atoms with Crippen molar-refractivity contribution in [2.45, 2.75) is 6.92 Å². The van der Waals surface area contributed by atoms with Crippen molar-refractivity contribution >= 4 is 32.7 Å². The van der Waals surface area contributed by atoms with Gasteiger partial charge in [0.15, 0.2) is 0 Å². The molecule has 0 aliphatic carbocycles. The lowest BCUT2D eigenvalue weighted by molar-refractivity contribution is 0.440. The standard InChI is InChI=1S/C14H10BrN3O3/c1-7-4-13(19)21-10-5-8(2-3-9(7)10)20-14-17-11(15)6-12(16)18-14/h2-6H,1H3,(H2,16,17,18). The molecule has 3 rings (SSSR count). The van der Waals surface area contributed by atoms with Crippen molar-refractivity contribution in [2.75, 3.05) is 5.73 Å². The van der Waals surface area contributed by atoms with E-state index in [2.05, 4.69) is 25.9 Å². The maximum absolute atomic E-state index is 11.4. The molecule has 0 saturated heterocycles. The van der Waals surface area contributed by atoms with Gasteiger partial charge in [0.05, 0.1) is 0 Å². The Morgan fingerprint density at radius 3 is 2.81 bits per heavy atom. The van der Waals surface area contributed by atoms with Gasteiger partial charge in [0.1, 0.15) is 21.8 Å². The van der Waals surface area contributed by atoms with Crippen LogP contribution in [0.5, 0.6) is 11.8 Å². The highest BCUT2D eigenvalue weighted by Gasteiger charge is 2.07. The molecule has 0 fully saturated rings. The maximum Gasteiger partial charge on any atom is 0.336 e. The molecule has 0 amide bonds. The van der Waals surface area contributed by atoms with Crippen molar-refractivity contribution in [3.05, 3.63) is 50.9 Å². The number of hydrogen-bond donors (Lipinski definition) is 1. The Morgan fingerprint density at radius 2 is 2.05 bits per heavy atom. The van der Waals surface area contributed by atoms with E-state index < -0.39 is 5.63 Å². The van der Waals surface area contributed by atoms with Crippen molar-refractivity contribution in [1.82, 2.24) is 9.97 Å². The monoisotopic (exact) mass is 347 g/mol. The second kappa shape index (κ2) is 5.17. The summed E-state index contributed by atoms with van der Waals surface area (Å²) in [6, 6.07) is 8.29. The van der Waals surface area contributed by atoms with Crippen LogP contribution >= 0.6 is 15.9 Å². The van der Waals surface area contributed by atoms with Gasteiger partial charge < -0.3 is 14.9 Å². The largest absolute Gasteiger partial charge is 0.424 e. The lowest BCUT2D eigenvalue weighted by atomic mass is 10.1. The fourth-order valence-corrected chi connectivity index (χ4v) is 2.32. The van der Waals surface area contributed by atoms with Crippen LogP contribution in [0.15, 0.2) is 44.1 Å². The Bertz CT molecular complexity index is 872. The van der Waals surface area contributed by atoms with Gasteiger partial charge in [-0.3, -0.25) is 0 Å². The number of fused-ring (bicyclic) bond motifs is 1. The van der Waals surface area contributed by atoms with Gasteiger partial charge in [-0.05, 0) is 40.5 Å². The number of hydrogen-bond acceptors (Lipinski definition) is 6. The van der Waals surface area contributed by atoms with E-state index in [1.165, 1.54) is 6.07 Å². The highest BCUT2D eigenvalue weighted by atomic mass is 79.9. The van der Waals surface area contributed by atoms with Crippen LogP contribution in [0.3, 0.4) is 0 Å². The summed E-state index contributed by atoms with van der Waals surface area (Å²) >= 11 is 3.21. The zero-order chi connectivity index (χ0) is 15.0. The van der Waals surface area contributed by atoms with Crippen molar-refractivity contribution in [3.8, 4) is 11.8 Å². The van der Waals surface area contributed by atoms with Gasteiger partial charge in [0, 0.05) is 23.6 Å². The molecular formula is C14H10BrN3O3. The molecule has 3 aromatic rings. The summed E-state index contributed by atoms with van der Waals surface area (Å²) in [4.78, 5) is 19.4. The number of nitrogen functional groups attached to an aromatic ring is 1. The summed E-state index contributed by atoms with van der Waals surface area (Å²) in [6.45, 7) is 1.85. The van der Waals surface area contributed by atoms with E-state index in [1.54, 1.807) is 18.2 Å². The molecular weight excluding hydrogens is 338 g/mol. The number of ether oxygens (including phenoxy) is 1. The smallest absolute Gasteiger partial charge is 0.336 e. The SMILES string of the molecule is Cc1cc(=O)oc2cc(Oc3nc(N)cc(Br)n3)ccc12. The first-order valence-corrected chi connectivity index (χ1v) is 6.83. The van der Waals surface area contributed by atoms with E-state index in [-0.39, 0.29) is 11.8 Å². The molecule has 0 bridgehead atoms. The lowest BCUT2D eigenvalue weighted by Crippen LogP contribution is -1.99. The first-order valence-electron chi connectivity index (χ1n) is 6.04. The number of halogens is 1. The van der Waals surface area contributed by atoms with Crippen molar-refractivity contribution < 1.29 is 9.15 Å². The van der Waals surface area contributed by atoms with Crippen LogP contribution in [0.1, 0.15) is 5.56 Å². The third-order valence-corrected chi connectivity index (χ3v) is 3.23. The summed E-state index contributed by atoms with van der Waals surface area (Å²) in [6.07, 6.45) is 0. The van der Waals surface area contributed by atoms with E-state index in [0.29, 0.717) is 15.9 Å². The number of nitrogens with zero attached hydrogens (tertiary/aromatic N) is 2. The fraction of sp³-hybridized carbons (Fsp3) is 0.0714. The minimum absolute atomic E-state index is 0.108. The molecule has 0 aliphatic heterocycles. The lowest BCUT2D eigenvalue weighted by Gasteiger charge is -2.06. The third-order valence-electron chi connectivity index (χ3n) is 2.83. The van der Waals surface area contributed by atoms with E-state index in [1.807, 2.05) is 13.0 Å². The summed E-state index contributed by atoms with van der Waals surface area (Å²) in [5.41, 5.74) is 6.51. The summed E-state index contributed by atoms with van der Waals surface area (Å²) < 4.78 is 11.2. The Morgan fingerprint density at radius 1 is 1.24 bits per heavy atom. The van der Waals surface area contributed by atoms with Crippen LogP contribution in [0.25, 0.3) is 11.0 Å². The van der Waals surface area contributed by atoms with Crippen LogP contribution in [0.2, 0.25) is 0 Å². The normalized spacial score (nSPS) is 10.8. The zero-order valence-corrected chi connectivity index (χ0v) is 12.5. The Labute approximate surface area is 127 Å². The van der Waals surface area contributed by atoms with Gasteiger partial charge in [-0.2, -0.15) is 9.97 Å². The van der Waals surface area contributed by atoms with Crippen molar-refractivity contribution in [2.24, 2.45) is 0 Å². The van der Waals surface area contributed by atoms with E-state index in [4.69, 9.17) is 14.9 Å². The van der Waals surface area contributed by atoms with Crippen molar-refractivity contribution in [3.63, 3.8) is 0 Å². The number of nitrogens with two attached hydrogens (primary N) is 1. The van der Waals surface area contributed by atoms with E-state index >= 15 is 0 Å². The summed E-state index contributed by atoms with van der Waals surface area (Å²) in [5.74, 6) is 0.740. The van der Waals surface area contributed by atoms with Gasteiger partial charge in [-0.25, -0.2) is 4.79 Å². The summed E-state index contributed by atoms with van der Waals surface area (Å²) in [7, 11) is 0. The molecule has 6 nitrogen and oxygen atoms in total. The fourth-order valence-electron chi connectivity index (χ4n) is 1.93. The van der Waals surface area contributed by atoms with Crippen LogP contribution in [0.4, 0.5) is 5.82 Å². The van der Waals surface area contributed by atoms with Crippen LogP contribution in [-0.4, -0.2) is 9.97 Å². The number of rotatable bonds is 2. The average molecular weight is 348 g/mol. The Balaban J connectivity index is 2.03. The minimum Gasteiger partial charge on any atom is -0.424 e. The highest BCUT2D eigenvalue weighted by Crippen LogP contribution is 2.26. The zero-order valence-electron chi connectivity index (χ0n) is 11.0. The third kappa shape index (κ3) is 2.87. The van der Waals surface area contributed by atoms with Crippen LogP contribution < -0.4 is 16.1 Å². The number of benzene rings is 1. The molecule has 2 heterocycles. The van der Waals surface area contributed by atoms with E-state index in [9.17, 15) is 4.79 Å². The summed E-state index contributed by atoms with van der Waals surface area (Å²) in [5, 5.41) is 0.844. The number of aryl methyl sites for hydroxylation is 1. The Hall–Kier alpha value is -2.41. The molecule has 1 aromatic carbocycles. The van der Waals surface area contributed by atoms with Crippen LogP contribution in [0, 0.1) is 6.92 Å². The second-order valence-corrected chi connectivity index (χ2v) is 5.22. The molecule has 0 atom stereocenters. The average Bonchev–Trinajstić information content (AvgIpc) is 2.36.